The molecule has 3 nitrogen and oxygen atoms in total. The molecular weight excluding hydrogens is 328 g/mol. The molecule has 0 bridgehead atoms. The van der Waals surface area contributed by atoms with Crippen molar-refractivity contribution in [3.63, 3.8) is 0 Å². The van der Waals surface area contributed by atoms with E-state index in [9.17, 15) is 0 Å². The van der Waals surface area contributed by atoms with Gasteiger partial charge < -0.3 is 12.3 Å². The first-order valence-electron chi connectivity index (χ1n) is 8.84. The van der Waals surface area contributed by atoms with E-state index in [1.54, 1.807) is 0 Å². The second-order valence-electron chi connectivity index (χ2n) is 6.70. The lowest BCUT2D eigenvalue weighted by molar-refractivity contribution is 0.266. The molecule has 0 atom stereocenters. The monoisotopic (exact) mass is 366 g/mol. The van der Waals surface area contributed by atoms with Crippen LogP contribution in [0.1, 0.15) is 45.4 Å². The third-order valence-corrected chi connectivity index (χ3v) is 14.0. The van der Waals surface area contributed by atoms with Crippen molar-refractivity contribution >= 4 is 35.9 Å². The highest BCUT2D eigenvalue weighted by Gasteiger charge is 2.42. The molecule has 0 radical (unpaired) electrons. The summed E-state index contributed by atoms with van der Waals surface area (Å²) in [5.74, 6) is 0. The molecule has 0 aliphatic carbocycles. The Hall–Kier alpha value is 0.748. The van der Waals surface area contributed by atoms with Gasteiger partial charge in [-0.15, -0.1) is 0 Å². The van der Waals surface area contributed by atoms with Gasteiger partial charge in [-0.3, -0.25) is 0 Å². The summed E-state index contributed by atoms with van der Waals surface area (Å²) in [6.07, 6.45) is 7.89. The van der Waals surface area contributed by atoms with Crippen LogP contribution in [0.15, 0.2) is 0 Å². The van der Waals surface area contributed by atoms with E-state index in [0.29, 0.717) is 0 Å². The fourth-order valence-corrected chi connectivity index (χ4v) is 15.3. The molecule has 0 amide bonds. The summed E-state index contributed by atoms with van der Waals surface area (Å²) in [5, 5.41) is 0. The van der Waals surface area contributed by atoms with Crippen LogP contribution in [0.4, 0.5) is 0 Å². The van der Waals surface area contributed by atoms with Crippen LogP contribution in [0.2, 0.25) is 45.3 Å². The van der Waals surface area contributed by atoms with Crippen LogP contribution in [0.3, 0.4) is 0 Å². The Labute approximate surface area is 139 Å². The Morgan fingerprint density at radius 2 is 1.00 bits per heavy atom. The minimum atomic E-state index is -2.37. The van der Waals surface area contributed by atoms with Gasteiger partial charge in [0.05, 0.1) is 0 Å². The molecule has 0 rings (SSSR count). The molecule has 0 aliphatic heterocycles. The van der Waals surface area contributed by atoms with Gasteiger partial charge in [0.15, 0.2) is 27.1 Å². The molecule has 21 heavy (non-hydrogen) atoms. The van der Waals surface area contributed by atoms with E-state index in [4.69, 9.17) is 12.3 Å². The van der Waals surface area contributed by atoms with Gasteiger partial charge in [0.2, 0.25) is 0 Å². The molecule has 0 unspecified atom stereocenters. The third-order valence-electron chi connectivity index (χ3n) is 3.08. The molecule has 0 saturated heterocycles. The van der Waals surface area contributed by atoms with Crippen molar-refractivity contribution in [3.8, 4) is 0 Å². The lowest BCUT2D eigenvalue weighted by Crippen LogP contribution is -2.53. The molecule has 0 fully saturated rings. The summed E-state index contributed by atoms with van der Waals surface area (Å²) in [4.78, 5) is 0. The van der Waals surface area contributed by atoms with Crippen LogP contribution in [-0.4, -0.2) is 35.9 Å². The van der Waals surface area contributed by atoms with Gasteiger partial charge in [0.25, 0.3) is 0 Å². The van der Waals surface area contributed by atoms with Crippen molar-refractivity contribution in [2.24, 2.45) is 0 Å². The van der Waals surface area contributed by atoms with Crippen molar-refractivity contribution in [2.75, 3.05) is 0 Å². The first-order chi connectivity index (χ1) is 9.81. The minimum Gasteiger partial charge on any atom is -0.420 e. The van der Waals surface area contributed by atoms with Crippen molar-refractivity contribution in [1.82, 2.24) is 0 Å². The van der Waals surface area contributed by atoms with Gasteiger partial charge in [0, 0.05) is 6.04 Å². The van der Waals surface area contributed by atoms with E-state index in [0.717, 1.165) is 6.04 Å². The average molecular weight is 367 g/mol. The highest BCUT2D eigenvalue weighted by atomic mass is 28.5. The van der Waals surface area contributed by atoms with Crippen LogP contribution in [0.5, 0.6) is 0 Å². The highest BCUT2D eigenvalue weighted by Crippen LogP contribution is 2.23. The van der Waals surface area contributed by atoms with Crippen LogP contribution in [-0.2, 0) is 12.3 Å². The van der Waals surface area contributed by atoms with Gasteiger partial charge in [-0.1, -0.05) is 39.0 Å². The maximum Gasteiger partial charge on any atom is 0.468 e. The summed E-state index contributed by atoms with van der Waals surface area (Å²) in [7, 11) is -5.75. The van der Waals surface area contributed by atoms with E-state index < -0.39 is 35.9 Å². The van der Waals surface area contributed by atoms with Crippen LogP contribution in [0, 0.1) is 0 Å². The normalized spacial score (nSPS) is 12.9. The zero-order valence-electron chi connectivity index (χ0n) is 15.4. The summed E-state index contributed by atoms with van der Waals surface area (Å²) < 4.78 is 19.2. The average Bonchev–Trinajstić information content (AvgIpc) is 2.30. The van der Waals surface area contributed by atoms with Gasteiger partial charge in [-0.2, -0.15) is 0 Å². The van der Waals surface area contributed by atoms with E-state index in [2.05, 4.69) is 46.2 Å². The lowest BCUT2D eigenvalue weighted by Gasteiger charge is -2.35. The van der Waals surface area contributed by atoms with Crippen molar-refractivity contribution < 1.29 is 12.3 Å². The molecule has 7 heteroatoms. The zero-order chi connectivity index (χ0) is 16.3. The maximum absolute atomic E-state index is 6.39. The third kappa shape index (κ3) is 11.9. The summed E-state index contributed by atoms with van der Waals surface area (Å²) in [6, 6.07) is 1.04. The molecule has 128 valence electrons. The minimum absolute atomic E-state index is 1.04. The lowest BCUT2D eigenvalue weighted by atomic mass is 10.1. The first-order valence-corrected chi connectivity index (χ1v) is 19.1. The van der Waals surface area contributed by atoms with Gasteiger partial charge in [0.1, 0.15) is 0 Å². The largest absolute Gasteiger partial charge is 0.468 e. The number of hydrogen-bond donors (Lipinski definition) is 0. The molecule has 0 heterocycles. The van der Waals surface area contributed by atoms with Gasteiger partial charge in [-0.25, -0.2) is 0 Å². The second kappa shape index (κ2) is 12.2. The predicted octanol–water partition coefficient (Wildman–Crippen LogP) is 4.29. The van der Waals surface area contributed by atoms with Crippen molar-refractivity contribution in [2.45, 2.75) is 90.8 Å². The van der Waals surface area contributed by atoms with Crippen LogP contribution >= 0.6 is 0 Å². The molecule has 0 aliphatic rings. The molecule has 0 N–H and O–H groups in total. The molecule has 0 aromatic heterocycles. The SMILES string of the molecule is CCCCCCCC[Si](O[SiH](C)C)(O[SiH](C)C)O[SiH](C)C. The molecular formula is C14H38O3Si4. The summed E-state index contributed by atoms with van der Waals surface area (Å²) in [6.45, 7) is 15.7. The number of hydrogen-bond acceptors (Lipinski definition) is 3. The summed E-state index contributed by atoms with van der Waals surface area (Å²) >= 11 is 0. The zero-order valence-corrected chi connectivity index (χ0v) is 19.9. The van der Waals surface area contributed by atoms with E-state index in [1.807, 2.05) is 0 Å². The Kier molecular flexibility index (Phi) is 12.6. The Bertz CT molecular complexity index is 224. The van der Waals surface area contributed by atoms with Crippen LogP contribution in [0.25, 0.3) is 0 Å². The first kappa shape index (κ1) is 21.7. The standard InChI is InChI=1S/C14H38O3Si4/c1-8-9-10-11-12-13-14-21(15-18(2)3,16-19(4)5)17-20(6)7/h18-20H,8-14H2,1-7H3. The van der Waals surface area contributed by atoms with Gasteiger partial charge in [-0.05, 0) is 45.7 Å². The Balaban J connectivity index is 4.51. The second-order valence-corrected chi connectivity index (χ2v) is 17.7. The quantitative estimate of drug-likeness (QED) is 0.359. The number of rotatable bonds is 13. The Morgan fingerprint density at radius 1 is 0.619 bits per heavy atom. The molecule has 0 spiro atoms. The smallest absolute Gasteiger partial charge is 0.420 e. The van der Waals surface area contributed by atoms with Gasteiger partial charge >= 0.3 is 8.80 Å². The fraction of sp³-hybridized carbons (Fsp3) is 1.00. The summed E-state index contributed by atoms with van der Waals surface area (Å²) in [5.41, 5.74) is 0. The van der Waals surface area contributed by atoms with E-state index in [-0.39, 0.29) is 0 Å². The Morgan fingerprint density at radius 3 is 1.38 bits per heavy atom. The topological polar surface area (TPSA) is 27.7 Å². The molecule has 0 aromatic rings. The number of unbranched alkanes of at least 4 members (excludes halogenated alkanes) is 5. The predicted molar refractivity (Wildman–Crippen MR) is 104 cm³/mol. The molecule has 0 aromatic carbocycles. The van der Waals surface area contributed by atoms with Crippen LogP contribution < -0.4 is 0 Å². The molecule has 0 saturated carbocycles. The van der Waals surface area contributed by atoms with Crippen molar-refractivity contribution in [3.05, 3.63) is 0 Å². The van der Waals surface area contributed by atoms with E-state index in [1.165, 1.54) is 38.5 Å². The van der Waals surface area contributed by atoms with E-state index >= 15 is 0 Å². The fourth-order valence-electron chi connectivity index (χ4n) is 2.46. The maximum atomic E-state index is 6.39. The highest BCUT2D eigenvalue weighted by molar-refractivity contribution is 6.79. The van der Waals surface area contributed by atoms with Crippen molar-refractivity contribution in [1.29, 1.82) is 0 Å².